The fourth-order valence-electron chi connectivity index (χ4n) is 2.72. The maximum atomic E-state index is 12.2. The summed E-state index contributed by atoms with van der Waals surface area (Å²) in [6.07, 6.45) is -2.17. The van der Waals surface area contributed by atoms with Crippen molar-refractivity contribution in [3.8, 4) is 11.3 Å². The van der Waals surface area contributed by atoms with Gasteiger partial charge >= 0.3 is 0 Å². The summed E-state index contributed by atoms with van der Waals surface area (Å²) in [5.74, 6) is -5.35. The Kier molecular flexibility index (Phi) is 2.70. The van der Waals surface area contributed by atoms with Crippen LogP contribution in [0.1, 0.15) is 41.8 Å². The number of ketones is 5. The van der Waals surface area contributed by atoms with Gasteiger partial charge in [0.05, 0.1) is 0 Å². The van der Waals surface area contributed by atoms with Crippen LogP contribution in [0.25, 0.3) is 11.3 Å². The molecule has 1 heterocycles. The first kappa shape index (κ1) is 14.2. The van der Waals surface area contributed by atoms with Gasteiger partial charge in [0.1, 0.15) is 22.8 Å². The highest BCUT2D eigenvalue weighted by atomic mass is 16.3. The van der Waals surface area contributed by atoms with E-state index >= 15 is 0 Å². The molecule has 2 aliphatic carbocycles. The van der Waals surface area contributed by atoms with Crippen molar-refractivity contribution in [3.63, 3.8) is 0 Å². The number of carbonyl (C=O) groups is 5. The van der Waals surface area contributed by atoms with Gasteiger partial charge in [-0.15, -0.1) is 0 Å². The Hall–Kier alpha value is -3.39. The molecular formula is C16H6N2O6. The number of carbonyl (C=O) groups excluding carboxylic acids is 5. The number of aliphatic hydroxyl groups is 1. The first-order valence-electron chi connectivity index (χ1n) is 6.83. The zero-order valence-electron chi connectivity index (χ0n) is 11.8. The van der Waals surface area contributed by atoms with Crippen molar-refractivity contribution < 1.29 is 29.1 Å². The second-order valence-corrected chi connectivity index (χ2v) is 5.28. The predicted octanol–water partition coefficient (Wildman–Crippen LogP) is -0.168. The van der Waals surface area contributed by atoms with Crippen LogP contribution in [0.4, 0.5) is 0 Å². The van der Waals surface area contributed by atoms with Crippen LogP contribution < -0.4 is 0 Å². The Labute approximate surface area is 133 Å². The lowest BCUT2D eigenvalue weighted by Gasteiger charge is -2.21. The number of aromatic nitrogens is 2. The summed E-state index contributed by atoms with van der Waals surface area (Å²) >= 11 is 0. The minimum absolute atomic E-state index is 0.0423. The molecule has 0 saturated heterocycles. The van der Waals surface area contributed by atoms with Crippen molar-refractivity contribution in [2.24, 2.45) is 0 Å². The average Bonchev–Trinajstić information content (AvgIpc) is 2.61. The molecule has 0 aliphatic heterocycles. The molecule has 0 radical (unpaired) electrons. The van der Waals surface area contributed by atoms with Crippen molar-refractivity contribution in [2.75, 3.05) is 0 Å². The van der Waals surface area contributed by atoms with Crippen molar-refractivity contribution >= 4 is 28.9 Å². The number of hydrogen-bond acceptors (Lipinski definition) is 8. The van der Waals surface area contributed by atoms with Crippen LogP contribution in [0.3, 0.4) is 0 Å². The van der Waals surface area contributed by atoms with Crippen molar-refractivity contribution in [2.45, 2.75) is 6.10 Å². The van der Waals surface area contributed by atoms with Gasteiger partial charge in [-0.25, -0.2) is 9.97 Å². The minimum Gasteiger partial charge on any atom is -0.377 e. The maximum absolute atomic E-state index is 12.2. The number of benzene rings is 1. The summed E-state index contributed by atoms with van der Waals surface area (Å²) in [4.78, 5) is 67.7. The smallest absolute Gasteiger partial charge is 0.254 e. The fourth-order valence-corrected chi connectivity index (χ4v) is 2.72. The number of rotatable bonds is 0. The number of Topliss-reactive ketones (excluding diaryl/α,β-unsaturated/α-hetero) is 5. The highest BCUT2D eigenvalue weighted by Gasteiger charge is 2.44. The van der Waals surface area contributed by atoms with Gasteiger partial charge in [-0.3, -0.25) is 24.0 Å². The Bertz CT molecular complexity index is 1020. The molecule has 1 aromatic heterocycles. The standard InChI is InChI=1S/C16H6N2O6/c19-11-6-4-2-1-3-5(6)7-8(12(11)20)18-10-9(17-7)13(21)15(23)16(24)14(10)22/h1-4,16,24H. The van der Waals surface area contributed by atoms with Gasteiger partial charge in [0.25, 0.3) is 11.6 Å². The molecule has 0 bridgehead atoms. The van der Waals surface area contributed by atoms with E-state index in [1.54, 1.807) is 12.1 Å². The molecule has 2 aliphatic rings. The highest BCUT2D eigenvalue weighted by molar-refractivity contribution is 6.54. The third-order valence-electron chi connectivity index (χ3n) is 3.91. The quantitative estimate of drug-likeness (QED) is 0.522. The normalized spacial score (nSPS) is 19.0. The molecule has 1 N–H and O–H groups in total. The third-order valence-corrected chi connectivity index (χ3v) is 3.91. The van der Waals surface area contributed by atoms with Crippen LogP contribution in [0.5, 0.6) is 0 Å². The molecule has 0 spiro atoms. The molecule has 0 fully saturated rings. The fraction of sp³-hybridized carbons (Fsp3) is 0.0625. The van der Waals surface area contributed by atoms with Crippen molar-refractivity contribution in [3.05, 3.63) is 46.9 Å². The zero-order valence-corrected chi connectivity index (χ0v) is 11.8. The summed E-state index contributed by atoms with van der Waals surface area (Å²) in [7, 11) is 0. The minimum atomic E-state index is -2.17. The number of nitrogens with zero attached hydrogens (tertiary/aromatic N) is 2. The molecule has 2 aromatic rings. The lowest BCUT2D eigenvalue weighted by Crippen LogP contribution is -2.43. The summed E-state index contributed by atoms with van der Waals surface area (Å²) in [5, 5.41) is 9.50. The number of aliphatic hydroxyl groups excluding tert-OH is 1. The van der Waals surface area contributed by atoms with Gasteiger partial charge < -0.3 is 5.11 Å². The van der Waals surface area contributed by atoms with Gasteiger partial charge in [0.15, 0.2) is 6.10 Å². The number of fused-ring (bicyclic) bond motifs is 4. The zero-order chi connectivity index (χ0) is 17.2. The van der Waals surface area contributed by atoms with E-state index in [4.69, 9.17) is 0 Å². The predicted molar refractivity (Wildman–Crippen MR) is 75.8 cm³/mol. The molecular weight excluding hydrogens is 316 g/mol. The van der Waals surface area contributed by atoms with Crippen LogP contribution in [0, 0.1) is 0 Å². The second-order valence-electron chi connectivity index (χ2n) is 5.28. The maximum Gasteiger partial charge on any atom is 0.254 e. The Morgan fingerprint density at radius 1 is 0.667 bits per heavy atom. The third kappa shape index (κ3) is 1.62. The van der Waals surface area contributed by atoms with E-state index in [2.05, 4.69) is 9.97 Å². The topological polar surface area (TPSA) is 131 Å². The molecule has 1 unspecified atom stereocenters. The van der Waals surface area contributed by atoms with E-state index in [1.807, 2.05) is 0 Å². The van der Waals surface area contributed by atoms with Gasteiger partial charge in [-0.05, 0) is 0 Å². The molecule has 0 amide bonds. The van der Waals surface area contributed by atoms with Crippen LogP contribution in [0.15, 0.2) is 24.3 Å². The first-order chi connectivity index (χ1) is 11.4. The largest absolute Gasteiger partial charge is 0.377 e. The molecule has 8 heteroatoms. The summed E-state index contributed by atoms with van der Waals surface area (Å²) < 4.78 is 0. The monoisotopic (exact) mass is 322 g/mol. The molecule has 1 aromatic carbocycles. The van der Waals surface area contributed by atoms with E-state index in [-0.39, 0.29) is 22.5 Å². The molecule has 1 atom stereocenters. The van der Waals surface area contributed by atoms with Gasteiger partial charge in [0.2, 0.25) is 17.3 Å². The van der Waals surface area contributed by atoms with Gasteiger partial charge in [-0.1, -0.05) is 24.3 Å². The summed E-state index contributed by atoms with van der Waals surface area (Å²) in [6.45, 7) is 0. The van der Waals surface area contributed by atoms with Crippen molar-refractivity contribution in [1.82, 2.24) is 9.97 Å². The highest BCUT2D eigenvalue weighted by Crippen LogP contribution is 2.32. The van der Waals surface area contributed by atoms with Crippen molar-refractivity contribution in [1.29, 1.82) is 0 Å². The summed E-state index contributed by atoms with van der Waals surface area (Å²) in [6, 6.07) is 6.12. The second kappa shape index (κ2) is 4.56. The van der Waals surface area contributed by atoms with Crippen LogP contribution >= 0.6 is 0 Å². The van der Waals surface area contributed by atoms with Gasteiger partial charge in [0, 0.05) is 11.1 Å². The summed E-state index contributed by atoms with van der Waals surface area (Å²) in [5.41, 5.74) is -1.13. The molecule has 116 valence electrons. The lowest BCUT2D eigenvalue weighted by molar-refractivity contribution is -0.120. The molecule has 8 nitrogen and oxygen atoms in total. The molecule has 24 heavy (non-hydrogen) atoms. The van der Waals surface area contributed by atoms with E-state index in [0.29, 0.717) is 0 Å². The van der Waals surface area contributed by atoms with E-state index in [0.717, 1.165) is 0 Å². The Morgan fingerprint density at radius 3 is 1.96 bits per heavy atom. The first-order valence-corrected chi connectivity index (χ1v) is 6.83. The van der Waals surface area contributed by atoms with E-state index in [1.165, 1.54) is 12.1 Å². The average molecular weight is 322 g/mol. The lowest BCUT2D eigenvalue weighted by atomic mass is 9.88. The molecule has 4 rings (SSSR count). The van der Waals surface area contributed by atoms with E-state index in [9.17, 15) is 29.1 Å². The SMILES string of the molecule is O=C1C(=O)c2nc3c(nc2-c2ccccc21)C(=O)C(=O)C(O)C3=O. The number of hydrogen-bond donors (Lipinski definition) is 1. The Morgan fingerprint density at radius 2 is 1.25 bits per heavy atom. The van der Waals surface area contributed by atoms with Gasteiger partial charge in [-0.2, -0.15) is 0 Å². The van der Waals surface area contributed by atoms with Crippen LogP contribution in [-0.2, 0) is 4.79 Å². The Balaban J connectivity index is 2.07. The van der Waals surface area contributed by atoms with E-state index < -0.39 is 46.4 Å². The van der Waals surface area contributed by atoms with Crippen LogP contribution in [0.2, 0.25) is 0 Å². The molecule has 0 saturated carbocycles. The van der Waals surface area contributed by atoms with Crippen LogP contribution in [-0.4, -0.2) is 50.1 Å².